The van der Waals surface area contributed by atoms with Crippen LogP contribution in [0.1, 0.15) is 53.2 Å². The number of hydrogen-bond acceptors (Lipinski definition) is 4. The normalized spacial score (nSPS) is 25.1. The van der Waals surface area contributed by atoms with Gasteiger partial charge in [-0.25, -0.2) is 14.2 Å². The van der Waals surface area contributed by atoms with Crippen LogP contribution in [0.5, 0.6) is 5.75 Å². The standard InChI is InChI=1S/C23H21F5N2O4/c1-9-7-11(21(31)32)8-14-17(9)30-20(29-14)19-15(10(2)22(3,34-19)23(26,27)28)12-5-6-13(24)16(25)18(12)33-4/h5-8,10,15,19H,1-4H3,(H,29,30)(H,31,32)/t10-,15-,19+,22+/m0/s1. The lowest BCUT2D eigenvalue weighted by atomic mass is 9.77. The van der Waals surface area contributed by atoms with Gasteiger partial charge in [-0.05, 0) is 37.6 Å². The monoisotopic (exact) mass is 484 g/mol. The van der Waals surface area contributed by atoms with Gasteiger partial charge in [0.1, 0.15) is 11.9 Å². The van der Waals surface area contributed by atoms with Gasteiger partial charge in [0.15, 0.2) is 17.2 Å². The maximum absolute atomic E-state index is 14.5. The molecule has 34 heavy (non-hydrogen) atoms. The molecule has 1 saturated heterocycles. The minimum absolute atomic E-state index is 0.00255. The molecule has 0 radical (unpaired) electrons. The minimum atomic E-state index is -4.79. The van der Waals surface area contributed by atoms with Gasteiger partial charge < -0.3 is 19.6 Å². The van der Waals surface area contributed by atoms with Crippen LogP contribution in [0, 0.1) is 24.5 Å². The summed E-state index contributed by atoms with van der Waals surface area (Å²) in [5, 5.41) is 9.31. The molecular formula is C23H21F5N2O4. The van der Waals surface area contributed by atoms with E-state index >= 15 is 0 Å². The smallest absolute Gasteiger partial charge is 0.417 e. The molecular weight excluding hydrogens is 463 g/mol. The molecule has 0 aliphatic carbocycles. The van der Waals surface area contributed by atoms with Gasteiger partial charge >= 0.3 is 12.1 Å². The van der Waals surface area contributed by atoms with Crippen molar-refractivity contribution in [3.8, 4) is 5.75 Å². The number of nitrogens with zero attached hydrogens (tertiary/aromatic N) is 1. The number of carbonyl (C=O) groups is 1. The predicted octanol–water partition coefficient (Wildman–Crippen LogP) is 5.67. The maximum atomic E-state index is 14.5. The number of fused-ring (bicyclic) bond motifs is 1. The number of carboxylic acid groups (broad SMARTS) is 1. The molecule has 6 nitrogen and oxygen atoms in total. The Kier molecular flexibility index (Phi) is 5.58. The molecule has 1 fully saturated rings. The summed E-state index contributed by atoms with van der Waals surface area (Å²) in [6.07, 6.45) is -6.13. The van der Waals surface area contributed by atoms with E-state index in [0.717, 1.165) is 20.1 Å². The summed E-state index contributed by atoms with van der Waals surface area (Å²) in [7, 11) is 1.10. The van der Waals surface area contributed by atoms with E-state index in [1.54, 1.807) is 6.92 Å². The lowest BCUT2D eigenvalue weighted by Gasteiger charge is -2.32. The van der Waals surface area contributed by atoms with Gasteiger partial charge in [0.2, 0.25) is 5.82 Å². The molecule has 0 spiro atoms. The number of methoxy groups -OCH3 is 1. The molecule has 182 valence electrons. The number of hydrogen-bond donors (Lipinski definition) is 2. The second kappa shape index (κ2) is 7.93. The van der Waals surface area contributed by atoms with E-state index < -0.39 is 53.1 Å². The van der Waals surface area contributed by atoms with Crippen molar-refractivity contribution >= 4 is 17.0 Å². The van der Waals surface area contributed by atoms with Crippen LogP contribution in [0.25, 0.3) is 11.0 Å². The van der Waals surface area contributed by atoms with E-state index in [9.17, 15) is 31.9 Å². The first-order valence-corrected chi connectivity index (χ1v) is 10.3. The minimum Gasteiger partial charge on any atom is -0.493 e. The summed E-state index contributed by atoms with van der Waals surface area (Å²) in [6, 6.07) is 4.70. The van der Waals surface area contributed by atoms with Crippen molar-refractivity contribution in [2.75, 3.05) is 7.11 Å². The quantitative estimate of drug-likeness (QED) is 0.467. The highest BCUT2D eigenvalue weighted by molar-refractivity contribution is 5.93. The van der Waals surface area contributed by atoms with Crippen LogP contribution in [0.2, 0.25) is 0 Å². The van der Waals surface area contributed by atoms with Gasteiger partial charge in [0.25, 0.3) is 0 Å². The molecule has 1 aromatic heterocycles. The molecule has 3 aromatic rings. The third kappa shape index (κ3) is 3.49. The topological polar surface area (TPSA) is 84.4 Å². The SMILES string of the molecule is COc1c([C@H]2[C@H](c3nc4c(C)cc(C(=O)O)cc4[nH]3)O[C@@](C)(C(F)(F)F)[C@H]2C)ccc(F)c1F. The Morgan fingerprint density at radius 1 is 1.26 bits per heavy atom. The highest BCUT2D eigenvalue weighted by Crippen LogP contribution is 2.59. The van der Waals surface area contributed by atoms with E-state index in [-0.39, 0.29) is 17.0 Å². The zero-order valence-electron chi connectivity index (χ0n) is 18.6. The van der Waals surface area contributed by atoms with Crippen molar-refractivity contribution in [3.05, 3.63) is 58.4 Å². The molecule has 2 N–H and O–H groups in total. The molecule has 11 heteroatoms. The van der Waals surface area contributed by atoms with Crippen molar-refractivity contribution in [2.45, 2.75) is 44.6 Å². The number of benzene rings is 2. The van der Waals surface area contributed by atoms with Crippen molar-refractivity contribution in [1.29, 1.82) is 0 Å². The number of rotatable bonds is 4. The summed E-state index contributed by atoms with van der Waals surface area (Å²) in [5.41, 5.74) is -1.54. The van der Waals surface area contributed by atoms with Crippen LogP contribution >= 0.6 is 0 Å². The molecule has 4 rings (SSSR count). The van der Waals surface area contributed by atoms with Crippen molar-refractivity contribution in [3.63, 3.8) is 0 Å². The molecule has 1 aliphatic rings. The Morgan fingerprint density at radius 3 is 2.53 bits per heavy atom. The summed E-state index contributed by atoms with van der Waals surface area (Å²) in [4.78, 5) is 18.7. The van der Waals surface area contributed by atoms with Gasteiger partial charge in [-0.1, -0.05) is 13.0 Å². The van der Waals surface area contributed by atoms with Gasteiger partial charge in [0.05, 0.1) is 23.7 Å². The van der Waals surface area contributed by atoms with Crippen LogP contribution in [0.3, 0.4) is 0 Å². The van der Waals surface area contributed by atoms with Gasteiger partial charge in [-0.3, -0.25) is 0 Å². The second-order valence-electron chi connectivity index (χ2n) is 8.56. The third-order valence-corrected chi connectivity index (χ3v) is 6.62. The maximum Gasteiger partial charge on any atom is 0.417 e. The number of H-pyrrole nitrogens is 1. The average Bonchev–Trinajstić information content (AvgIpc) is 3.30. The number of aryl methyl sites for hydroxylation is 1. The Balaban J connectivity index is 1.93. The number of ether oxygens (including phenoxy) is 2. The zero-order valence-corrected chi connectivity index (χ0v) is 18.6. The fourth-order valence-electron chi connectivity index (χ4n) is 4.62. The number of aromatic carboxylic acids is 1. The largest absolute Gasteiger partial charge is 0.493 e. The Labute approximate surface area is 190 Å². The third-order valence-electron chi connectivity index (χ3n) is 6.62. The van der Waals surface area contributed by atoms with Crippen LogP contribution in [-0.2, 0) is 4.74 Å². The van der Waals surface area contributed by atoms with E-state index in [4.69, 9.17) is 9.47 Å². The number of aromatic nitrogens is 2. The van der Waals surface area contributed by atoms with E-state index in [2.05, 4.69) is 9.97 Å². The highest BCUT2D eigenvalue weighted by Gasteiger charge is 2.65. The van der Waals surface area contributed by atoms with E-state index in [1.807, 2.05) is 0 Å². The van der Waals surface area contributed by atoms with Crippen LogP contribution in [0.15, 0.2) is 24.3 Å². The first-order chi connectivity index (χ1) is 15.8. The molecule has 0 saturated carbocycles. The van der Waals surface area contributed by atoms with Crippen molar-refractivity contribution < 1.29 is 41.3 Å². The molecule has 4 atom stereocenters. The number of halogens is 5. The van der Waals surface area contributed by atoms with Gasteiger partial charge in [-0.15, -0.1) is 0 Å². The first kappa shape index (κ1) is 23.9. The number of alkyl halides is 3. The molecule has 2 heterocycles. The van der Waals surface area contributed by atoms with E-state index in [1.165, 1.54) is 25.1 Å². The predicted molar refractivity (Wildman–Crippen MR) is 111 cm³/mol. The zero-order chi connectivity index (χ0) is 25.2. The Morgan fingerprint density at radius 2 is 1.94 bits per heavy atom. The Bertz CT molecular complexity index is 1290. The number of aromatic amines is 1. The van der Waals surface area contributed by atoms with Crippen LogP contribution in [0.4, 0.5) is 22.0 Å². The second-order valence-corrected chi connectivity index (χ2v) is 8.56. The fourth-order valence-corrected chi connectivity index (χ4v) is 4.62. The number of nitrogens with one attached hydrogen (secondary N) is 1. The van der Waals surface area contributed by atoms with Crippen molar-refractivity contribution in [2.24, 2.45) is 5.92 Å². The first-order valence-electron chi connectivity index (χ1n) is 10.3. The summed E-state index contributed by atoms with van der Waals surface area (Å²) < 4.78 is 81.3. The lowest BCUT2D eigenvalue weighted by molar-refractivity contribution is -0.275. The highest BCUT2D eigenvalue weighted by atomic mass is 19.4. The Hall–Kier alpha value is -3.21. The average molecular weight is 484 g/mol. The van der Waals surface area contributed by atoms with Gasteiger partial charge in [-0.2, -0.15) is 17.6 Å². The molecule has 0 amide bonds. The molecule has 2 aromatic carbocycles. The lowest BCUT2D eigenvalue weighted by Crippen LogP contribution is -2.46. The molecule has 0 bridgehead atoms. The van der Waals surface area contributed by atoms with Gasteiger partial charge in [0, 0.05) is 17.4 Å². The van der Waals surface area contributed by atoms with Crippen LogP contribution in [-0.4, -0.2) is 39.9 Å². The summed E-state index contributed by atoms with van der Waals surface area (Å²) >= 11 is 0. The van der Waals surface area contributed by atoms with Crippen molar-refractivity contribution in [1.82, 2.24) is 9.97 Å². The van der Waals surface area contributed by atoms with E-state index in [0.29, 0.717) is 16.6 Å². The summed E-state index contributed by atoms with van der Waals surface area (Å²) in [6.45, 7) is 3.83. The van der Waals surface area contributed by atoms with Crippen LogP contribution < -0.4 is 4.74 Å². The number of imidazole rings is 1. The number of carboxylic acids is 1. The fraction of sp³-hybridized carbons (Fsp3) is 0.391. The summed E-state index contributed by atoms with van der Waals surface area (Å²) in [5.74, 6) is -6.60. The molecule has 0 unspecified atom stereocenters. The molecule has 1 aliphatic heterocycles.